The molecular formula is C15H12F3NO2S. The molecule has 0 spiro atoms. The summed E-state index contributed by atoms with van der Waals surface area (Å²) in [5.74, 6) is -0.613. The first-order valence-electron chi connectivity index (χ1n) is 6.21. The van der Waals surface area contributed by atoms with Gasteiger partial charge in [-0.1, -0.05) is 0 Å². The Labute approximate surface area is 129 Å². The van der Waals surface area contributed by atoms with Crippen LogP contribution < -0.4 is 0 Å². The summed E-state index contributed by atoms with van der Waals surface area (Å²) in [6, 6.07) is 7.33. The van der Waals surface area contributed by atoms with Crippen LogP contribution in [0, 0.1) is 6.92 Å². The van der Waals surface area contributed by atoms with E-state index in [9.17, 15) is 18.0 Å². The molecule has 22 heavy (non-hydrogen) atoms. The third kappa shape index (κ3) is 4.00. The highest BCUT2D eigenvalue weighted by Gasteiger charge is 2.31. The van der Waals surface area contributed by atoms with Crippen LogP contribution in [0.3, 0.4) is 0 Å². The third-order valence-electron chi connectivity index (χ3n) is 2.82. The molecule has 0 amide bonds. The van der Waals surface area contributed by atoms with Crippen LogP contribution in [0.25, 0.3) is 11.3 Å². The van der Waals surface area contributed by atoms with Crippen LogP contribution in [-0.2, 0) is 4.74 Å². The van der Waals surface area contributed by atoms with Crippen molar-refractivity contribution in [1.82, 2.24) is 4.98 Å². The van der Waals surface area contributed by atoms with Gasteiger partial charge in [-0.2, -0.15) is 13.2 Å². The number of halogens is 3. The summed E-state index contributed by atoms with van der Waals surface area (Å²) >= 11 is -0.236. The third-order valence-corrected chi connectivity index (χ3v) is 3.63. The average molecular weight is 327 g/mol. The SMILES string of the molecule is COC(=O)c1ccc(SC(F)(F)F)c(-c2cc(C)ccn2)c1. The zero-order valence-corrected chi connectivity index (χ0v) is 12.6. The summed E-state index contributed by atoms with van der Waals surface area (Å²) in [5.41, 5.74) is -2.78. The molecule has 1 aromatic carbocycles. The molecule has 0 aliphatic carbocycles. The van der Waals surface area contributed by atoms with Crippen molar-refractivity contribution in [3.8, 4) is 11.3 Å². The van der Waals surface area contributed by atoms with Crippen molar-refractivity contribution in [1.29, 1.82) is 0 Å². The number of carbonyl (C=O) groups is 1. The number of hydrogen-bond acceptors (Lipinski definition) is 4. The number of carbonyl (C=O) groups excluding carboxylic acids is 1. The number of aromatic nitrogens is 1. The second-order valence-corrected chi connectivity index (χ2v) is 5.58. The van der Waals surface area contributed by atoms with Gasteiger partial charge in [-0.25, -0.2) is 4.79 Å². The van der Waals surface area contributed by atoms with E-state index in [0.717, 1.165) is 5.56 Å². The van der Waals surface area contributed by atoms with Crippen molar-refractivity contribution in [3.05, 3.63) is 47.7 Å². The Hall–Kier alpha value is -2.02. The Morgan fingerprint density at radius 3 is 2.55 bits per heavy atom. The summed E-state index contributed by atoms with van der Waals surface area (Å²) in [7, 11) is 1.21. The molecule has 1 aromatic heterocycles. The highest BCUT2D eigenvalue weighted by Crippen LogP contribution is 2.41. The lowest BCUT2D eigenvalue weighted by Crippen LogP contribution is -2.04. The van der Waals surface area contributed by atoms with E-state index in [1.54, 1.807) is 12.1 Å². The number of nitrogens with zero attached hydrogens (tertiary/aromatic N) is 1. The number of rotatable bonds is 3. The number of esters is 1. The van der Waals surface area contributed by atoms with Gasteiger partial charge in [-0.05, 0) is 54.6 Å². The van der Waals surface area contributed by atoms with E-state index in [1.807, 2.05) is 6.92 Å². The summed E-state index contributed by atoms with van der Waals surface area (Å²) in [4.78, 5) is 15.7. The molecule has 0 N–H and O–H groups in total. The van der Waals surface area contributed by atoms with E-state index < -0.39 is 11.5 Å². The standard InChI is InChI=1S/C15H12F3NO2S/c1-9-5-6-19-12(7-9)11-8-10(14(20)21-2)3-4-13(11)22-15(16,17)18/h3-8H,1-2H3. The number of pyridine rings is 1. The van der Waals surface area contributed by atoms with Gasteiger partial charge in [0.2, 0.25) is 0 Å². The molecule has 116 valence electrons. The lowest BCUT2D eigenvalue weighted by Gasteiger charge is -2.12. The first-order valence-corrected chi connectivity index (χ1v) is 7.03. The fourth-order valence-corrected chi connectivity index (χ4v) is 2.53. The van der Waals surface area contributed by atoms with Gasteiger partial charge in [0.25, 0.3) is 0 Å². The molecule has 0 aliphatic heterocycles. The van der Waals surface area contributed by atoms with Gasteiger partial charge in [0.1, 0.15) is 0 Å². The van der Waals surface area contributed by atoms with Crippen molar-refractivity contribution in [2.24, 2.45) is 0 Å². The maximum Gasteiger partial charge on any atom is 0.446 e. The topological polar surface area (TPSA) is 39.2 Å². The monoisotopic (exact) mass is 327 g/mol. The Morgan fingerprint density at radius 2 is 1.95 bits per heavy atom. The number of hydrogen-bond donors (Lipinski definition) is 0. The highest BCUT2D eigenvalue weighted by atomic mass is 32.2. The normalized spacial score (nSPS) is 11.3. The van der Waals surface area contributed by atoms with Crippen LogP contribution in [0.1, 0.15) is 15.9 Å². The van der Waals surface area contributed by atoms with E-state index in [2.05, 4.69) is 9.72 Å². The molecule has 1 heterocycles. The second-order valence-electron chi connectivity index (χ2n) is 4.47. The van der Waals surface area contributed by atoms with Gasteiger partial charge in [0.05, 0.1) is 18.4 Å². The largest absolute Gasteiger partial charge is 0.465 e. The molecule has 0 unspecified atom stereocenters. The van der Waals surface area contributed by atoms with E-state index in [4.69, 9.17) is 0 Å². The van der Waals surface area contributed by atoms with Crippen LogP contribution in [0.15, 0.2) is 41.4 Å². The van der Waals surface area contributed by atoms with Gasteiger partial charge in [-0.3, -0.25) is 4.98 Å². The molecule has 0 radical (unpaired) electrons. The van der Waals surface area contributed by atoms with Crippen molar-refractivity contribution in [3.63, 3.8) is 0 Å². The van der Waals surface area contributed by atoms with E-state index in [1.165, 1.54) is 31.5 Å². The minimum absolute atomic E-state index is 0.0155. The molecule has 2 aromatic rings. The zero-order chi connectivity index (χ0) is 16.3. The summed E-state index contributed by atoms with van der Waals surface area (Å²) in [6.07, 6.45) is 1.51. The summed E-state index contributed by atoms with van der Waals surface area (Å²) in [6.45, 7) is 1.81. The molecule has 2 rings (SSSR count). The number of thioether (sulfide) groups is 1. The van der Waals surface area contributed by atoms with Crippen LogP contribution in [-0.4, -0.2) is 23.6 Å². The second kappa shape index (κ2) is 6.39. The molecule has 0 saturated carbocycles. The quantitative estimate of drug-likeness (QED) is 0.616. The predicted molar refractivity (Wildman–Crippen MR) is 77.7 cm³/mol. The zero-order valence-electron chi connectivity index (χ0n) is 11.8. The Bertz CT molecular complexity index is 701. The minimum atomic E-state index is -4.43. The summed E-state index contributed by atoms with van der Waals surface area (Å²) in [5, 5.41) is 0. The van der Waals surface area contributed by atoms with Crippen molar-refractivity contribution >= 4 is 17.7 Å². The van der Waals surface area contributed by atoms with Crippen molar-refractivity contribution in [2.75, 3.05) is 7.11 Å². The van der Waals surface area contributed by atoms with Crippen molar-refractivity contribution < 1.29 is 22.7 Å². The van der Waals surface area contributed by atoms with E-state index in [-0.39, 0.29) is 27.8 Å². The number of alkyl halides is 3. The molecular weight excluding hydrogens is 315 g/mol. The van der Waals surface area contributed by atoms with Crippen LogP contribution >= 0.6 is 11.8 Å². The van der Waals surface area contributed by atoms with Gasteiger partial charge in [0, 0.05) is 16.7 Å². The predicted octanol–water partition coefficient (Wildman–Crippen LogP) is 4.46. The van der Waals surface area contributed by atoms with Gasteiger partial charge in [0.15, 0.2) is 0 Å². The first kappa shape index (κ1) is 16.4. The number of aryl methyl sites for hydroxylation is 1. The number of methoxy groups -OCH3 is 1. The first-order chi connectivity index (χ1) is 10.3. The lowest BCUT2D eigenvalue weighted by molar-refractivity contribution is -0.0328. The molecule has 0 bridgehead atoms. The van der Waals surface area contributed by atoms with Crippen LogP contribution in [0.2, 0.25) is 0 Å². The maximum absolute atomic E-state index is 12.7. The Balaban J connectivity index is 2.57. The lowest BCUT2D eigenvalue weighted by atomic mass is 10.1. The molecule has 0 aliphatic rings. The smallest absolute Gasteiger partial charge is 0.446 e. The number of ether oxygens (including phenoxy) is 1. The van der Waals surface area contributed by atoms with E-state index >= 15 is 0 Å². The Morgan fingerprint density at radius 1 is 1.23 bits per heavy atom. The van der Waals surface area contributed by atoms with Crippen LogP contribution in [0.4, 0.5) is 13.2 Å². The molecule has 7 heteroatoms. The molecule has 0 saturated heterocycles. The molecule has 3 nitrogen and oxygen atoms in total. The fourth-order valence-electron chi connectivity index (χ4n) is 1.87. The van der Waals surface area contributed by atoms with Gasteiger partial charge in [-0.15, -0.1) is 0 Å². The maximum atomic E-state index is 12.7. The molecule has 0 atom stereocenters. The van der Waals surface area contributed by atoms with Crippen molar-refractivity contribution in [2.45, 2.75) is 17.3 Å². The average Bonchev–Trinajstić information content (AvgIpc) is 2.45. The van der Waals surface area contributed by atoms with Gasteiger partial charge >= 0.3 is 11.5 Å². The van der Waals surface area contributed by atoms with E-state index in [0.29, 0.717) is 5.69 Å². The molecule has 0 fully saturated rings. The summed E-state index contributed by atoms with van der Waals surface area (Å²) < 4.78 is 42.7. The van der Waals surface area contributed by atoms with Gasteiger partial charge < -0.3 is 4.74 Å². The minimum Gasteiger partial charge on any atom is -0.465 e. The Kier molecular flexibility index (Phi) is 4.75. The van der Waals surface area contributed by atoms with Crippen LogP contribution in [0.5, 0.6) is 0 Å². The highest BCUT2D eigenvalue weighted by molar-refractivity contribution is 8.00. The number of benzene rings is 1. The fraction of sp³-hybridized carbons (Fsp3) is 0.200.